The van der Waals surface area contributed by atoms with Crippen molar-refractivity contribution in [2.75, 3.05) is 12.4 Å². The van der Waals surface area contributed by atoms with Crippen molar-refractivity contribution in [2.24, 2.45) is 5.16 Å². The molecule has 7 heteroatoms. The summed E-state index contributed by atoms with van der Waals surface area (Å²) in [6, 6.07) is 7.18. The Labute approximate surface area is 140 Å². The molecule has 126 valence electrons. The van der Waals surface area contributed by atoms with Crippen LogP contribution in [0.4, 0.5) is 5.69 Å². The van der Waals surface area contributed by atoms with E-state index in [1.807, 2.05) is 36.9 Å². The number of benzene rings is 1. The number of carbonyl (C=O) groups is 1. The van der Waals surface area contributed by atoms with E-state index in [9.17, 15) is 4.79 Å². The first-order chi connectivity index (χ1) is 11.6. The van der Waals surface area contributed by atoms with Crippen LogP contribution in [0, 0.1) is 6.92 Å². The Balaban J connectivity index is 1.65. The Morgan fingerprint density at radius 1 is 1.50 bits per heavy atom. The molecule has 2 heterocycles. The predicted molar refractivity (Wildman–Crippen MR) is 90.3 cm³/mol. The fourth-order valence-electron chi connectivity index (χ4n) is 2.56. The predicted octanol–water partition coefficient (Wildman–Crippen LogP) is 2.35. The van der Waals surface area contributed by atoms with Crippen LogP contribution in [0.15, 0.2) is 35.6 Å². The van der Waals surface area contributed by atoms with E-state index in [2.05, 4.69) is 15.6 Å². The van der Waals surface area contributed by atoms with E-state index < -0.39 is 6.10 Å². The van der Waals surface area contributed by atoms with Gasteiger partial charge in [-0.25, -0.2) is 0 Å². The van der Waals surface area contributed by atoms with E-state index in [1.54, 1.807) is 19.2 Å². The molecule has 7 nitrogen and oxygen atoms in total. The summed E-state index contributed by atoms with van der Waals surface area (Å²) in [5, 5.41) is 11.3. The van der Waals surface area contributed by atoms with Gasteiger partial charge in [-0.2, -0.15) is 5.10 Å². The molecule has 1 aromatic carbocycles. The maximum absolute atomic E-state index is 12.4. The third-order valence-corrected chi connectivity index (χ3v) is 3.88. The Morgan fingerprint density at radius 3 is 3.04 bits per heavy atom. The minimum atomic E-state index is -0.643. The van der Waals surface area contributed by atoms with Crippen LogP contribution in [0.2, 0.25) is 0 Å². The largest absolute Gasteiger partial charge is 0.497 e. The Morgan fingerprint density at radius 2 is 2.33 bits per heavy atom. The molecule has 0 radical (unpaired) electrons. The third kappa shape index (κ3) is 3.24. The molecule has 24 heavy (non-hydrogen) atoms. The summed E-state index contributed by atoms with van der Waals surface area (Å²) in [7, 11) is 1.58. The fraction of sp³-hybridized carbons (Fsp3) is 0.353. The van der Waals surface area contributed by atoms with Gasteiger partial charge in [-0.1, -0.05) is 11.2 Å². The summed E-state index contributed by atoms with van der Waals surface area (Å²) in [4.78, 5) is 17.7. The first-order valence-corrected chi connectivity index (χ1v) is 7.82. The number of oxime groups is 1. The highest BCUT2D eigenvalue weighted by Gasteiger charge is 2.30. The molecule has 1 N–H and O–H groups in total. The lowest BCUT2D eigenvalue weighted by Crippen LogP contribution is -2.28. The summed E-state index contributed by atoms with van der Waals surface area (Å²) in [6.45, 7) is 4.73. The number of nitrogens with one attached hydrogen (secondary N) is 1. The lowest BCUT2D eigenvalue weighted by Gasteiger charge is -2.10. The van der Waals surface area contributed by atoms with Gasteiger partial charge in [-0.15, -0.1) is 0 Å². The van der Waals surface area contributed by atoms with Gasteiger partial charge in [0.25, 0.3) is 5.91 Å². The molecule has 1 unspecified atom stereocenters. The zero-order valence-corrected chi connectivity index (χ0v) is 13.9. The van der Waals surface area contributed by atoms with E-state index >= 15 is 0 Å². The van der Waals surface area contributed by atoms with Crippen molar-refractivity contribution in [3.63, 3.8) is 0 Å². The second-order valence-corrected chi connectivity index (χ2v) is 5.54. The van der Waals surface area contributed by atoms with Gasteiger partial charge in [0.2, 0.25) is 6.10 Å². The summed E-state index contributed by atoms with van der Waals surface area (Å²) in [5.41, 5.74) is 3.21. The average Bonchev–Trinajstić information content (AvgIpc) is 3.21. The highest BCUT2D eigenvalue weighted by atomic mass is 16.6. The van der Waals surface area contributed by atoms with Crippen LogP contribution in [0.3, 0.4) is 0 Å². The van der Waals surface area contributed by atoms with Crippen LogP contribution in [0.1, 0.15) is 24.6 Å². The number of rotatable bonds is 5. The molecule has 1 aliphatic heterocycles. The number of hydrogen-bond donors (Lipinski definition) is 1. The summed E-state index contributed by atoms with van der Waals surface area (Å²) in [6.07, 6.45) is 1.71. The highest BCUT2D eigenvalue weighted by molar-refractivity contribution is 6.06. The Kier molecular flexibility index (Phi) is 4.50. The van der Waals surface area contributed by atoms with Crippen molar-refractivity contribution in [3.8, 4) is 5.75 Å². The average molecular weight is 328 g/mol. The molecule has 0 aliphatic carbocycles. The van der Waals surface area contributed by atoms with Gasteiger partial charge in [-0.3, -0.25) is 9.48 Å². The topological polar surface area (TPSA) is 77.7 Å². The minimum absolute atomic E-state index is 0.234. The van der Waals surface area contributed by atoms with Crippen LogP contribution < -0.4 is 10.1 Å². The van der Waals surface area contributed by atoms with Crippen molar-refractivity contribution >= 4 is 17.3 Å². The monoisotopic (exact) mass is 328 g/mol. The Hall–Kier alpha value is -2.83. The number of aryl methyl sites for hydroxylation is 2. The molecule has 3 rings (SSSR count). The smallest absolute Gasteiger partial charge is 0.268 e. The number of methoxy groups -OCH3 is 1. The van der Waals surface area contributed by atoms with Crippen molar-refractivity contribution in [3.05, 3.63) is 41.7 Å². The standard InChI is InChI=1S/C17H20N4O3/c1-4-21-10-14(11(2)19-21)15-9-16(24-20-15)17(22)18-12-6-5-7-13(8-12)23-3/h5-8,10,16H,4,9H2,1-3H3,(H,18,22). The maximum Gasteiger partial charge on any atom is 0.268 e. The number of nitrogens with zero attached hydrogens (tertiary/aromatic N) is 3. The second-order valence-electron chi connectivity index (χ2n) is 5.54. The molecule has 2 aromatic rings. The quantitative estimate of drug-likeness (QED) is 0.914. The maximum atomic E-state index is 12.4. The number of carbonyl (C=O) groups excluding carboxylic acids is 1. The second kappa shape index (κ2) is 6.74. The third-order valence-electron chi connectivity index (χ3n) is 3.88. The van der Waals surface area contributed by atoms with Crippen LogP contribution in [-0.2, 0) is 16.2 Å². The van der Waals surface area contributed by atoms with Crippen LogP contribution in [0.5, 0.6) is 5.75 Å². The van der Waals surface area contributed by atoms with E-state index in [0.29, 0.717) is 17.9 Å². The summed E-state index contributed by atoms with van der Waals surface area (Å²) in [5.74, 6) is 0.447. The van der Waals surface area contributed by atoms with E-state index in [4.69, 9.17) is 9.57 Å². The minimum Gasteiger partial charge on any atom is -0.497 e. The van der Waals surface area contributed by atoms with E-state index in [-0.39, 0.29) is 5.91 Å². The molecule has 0 fully saturated rings. The normalized spacial score (nSPS) is 16.5. The van der Waals surface area contributed by atoms with Gasteiger partial charge in [0.15, 0.2) is 0 Å². The molecule has 1 atom stereocenters. The van der Waals surface area contributed by atoms with E-state index in [1.165, 1.54) is 0 Å². The van der Waals surface area contributed by atoms with Crippen molar-refractivity contribution in [1.82, 2.24) is 9.78 Å². The molecule has 0 saturated heterocycles. The number of aromatic nitrogens is 2. The molecule has 0 saturated carbocycles. The van der Waals surface area contributed by atoms with Gasteiger partial charge in [0, 0.05) is 36.5 Å². The molecule has 1 amide bonds. The molecular formula is C17H20N4O3. The number of anilines is 1. The zero-order valence-electron chi connectivity index (χ0n) is 13.9. The highest BCUT2D eigenvalue weighted by Crippen LogP contribution is 2.21. The first-order valence-electron chi connectivity index (χ1n) is 7.82. The summed E-state index contributed by atoms with van der Waals surface area (Å²) >= 11 is 0. The van der Waals surface area contributed by atoms with Crippen molar-refractivity contribution < 1.29 is 14.4 Å². The molecule has 0 bridgehead atoms. The number of ether oxygens (including phenoxy) is 1. The van der Waals surface area contributed by atoms with Gasteiger partial charge < -0.3 is 14.9 Å². The van der Waals surface area contributed by atoms with Crippen LogP contribution >= 0.6 is 0 Å². The fourth-order valence-corrected chi connectivity index (χ4v) is 2.56. The molecular weight excluding hydrogens is 308 g/mol. The molecule has 0 spiro atoms. The van der Waals surface area contributed by atoms with Gasteiger partial charge >= 0.3 is 0 Å². The van der Waals surface area contributed by atoms with Gasteiger partial charge in [0.05, 0.1) is 18.5 Å². The lowest BCUT2D eigenvalue weighted by atomic mass is 10.1. The molecule has 1 aliphatic rings. The number of hydrogen-bond acceptors (Lipinski definition) is 5. The zero-order chi connectivity index (χ0) is 17.1. The van der Waals surface area contributed by atoms with Gasteiger partial charge in [-0.05, 0) is 26.0 Å². The summed E-state index contributed by atoms with van der Waals surface area (Å²) < 4.78 is 6.99. The Bertz CT molecular complexity index is 782. The first kappa shape index (κ1) is 16.0. The lowest BCUT2D eigenvalue weighted by molar-refractivity contribution is -0.125. The van der Waals surface area contributed by atoms with Crippen molar-refractivity contribution in [2.45, 2.75) is 32.9 Å². The van der Waals surface area contributed by atoms with E-state index in [0.717, 1.165) is 23.5 Å². The van der Waals surface area contributed by atoms with Crippen molar-refractivity contribution in [1.29, 1.82) is 0 Å². The molecule has 1 aromatic heterocycles. The SMILES string of the molecule is CCn1cc(C2=NOC(C(=O)Nc3cccc(OC)c3)C2)c(C)n1. The van der Waals surface area contributed by atoms with Crippen LogP contribution in [-0.4, -0.2) is 34.6 Å². The number of amides is 1. The van der Waals surface area contributed by atoms with Crippen LogP contribution in [0.25, 0.3) is 0 Å². The van der Waals surface area contributed by atoms with Gasteiger partial charge in [0.1, 0.15) is 5.75 Å².